The van der Waals surface area contributed by atoms with Gasteiger partial charge in [0.25, 0.3) is 5.56 Å². The molecule has 0 aromatic carbocycles. The van der Waals surface area contributed by atoms with Gasteiger partial charge >= 0.3 is 0 Å². The van der Waals surface area contributed by atoms with Crippen molar-refractivity contribution < 1.29 is 0 Å². The number of hydrogen-bond acceptors (Lipinski definition) is 6. The minimum absolute atomic E-state index is 0.0572. The first-order valence-corrected chi connectivity index (χ1v) is 8.88. The van der Waals surface area contributed by atoms with E-state index in [0.717, 1.165) is 26.5 Å². The molecule has 0 saturated heterocycles. The average molecular weight is 340 g/mol. The maximum Gasteiger partial charge on any atom is 0.258 e. The lowest BCUT2D eigenvalue weighted by atomic mass is 10.3. The summed E-state index contributed by atoms with van der Waals surface area (Å²) in [6, 6.07) is 7.38. The predicted molar refractivity (Wildman–Crippen MR) is 93.2 cm³/mol. The lowest BCUT2D eigenvalue weighted by Crippen LogP contribution is -2.15. The van der Waals surface area contributed by atoms with Gasteiger partial charge in [0.15, 0.2) is 0 Å². The number of thioether (sulfide) groups is 1. The molecule has 0 N–H and O–H groups in total. The first kappa shape index (κ1) is 14.3. The summed E-state index contributed by atoms with van der Waals surface area (Å²) in [6.45, 7) is 1.96. The quantitative estimate of drug-likeness (QED) is 0.423. The lowest BCUT2D eigenvalue weighted by Gasteiger charge is -2.06. The van der Waals surface area contributed by atoms with Gasteiger partial charge in [-0.25, -0.2) is 15.0 Å². The highest BCUT2D eigenvalue weighted by molar-refractivity contribution is 7.98. The third kappa shape index (κ3) is 2.62. The highest BCUT2D eigenvalue weighted by Crippen LogP contribution is 2.30. The van der Waals surface area contributed by atoms with Crippen LogP contribution in [0.3, 0.4) is 0 Å². The molecule has 4 heterocycles. The predicted octanol–water partition coefficient (Wildman–Crippen LogP) is 3.30. The summed E-state index contributed by atoms with van der Waals surface area (Å²) in [5.41, 5.74) is 3.35. The summed E-state index contributed by atoms with van der Waals surface area (Å²) < 4.78 is 2.65. The summed E-state index contributed by atoms with van der Waals surface area (Å²) in [4.78, 5) is 25.4. The molecule has 114 valence electrons. The van der Waals surface area contributed by atoms with Crippen molar-refractivity contribution in [1.29, 1.82) is 0 Å². The minimum atomic E-state index is -0.0572. The van der Waals surface area contributed by atoms with E-state index in [0.29, 0.717) is 11.4 Å². The maximum absolute atomic E-state index is 12.2. The number of fused-ring (bicyclic) bond motifs is 2. The van der Waals surface area contributed by atoms with Crippen LogP contribution in [0.25, 0.3) is 15.9 Å². The SMILES string of the molecule is Cc1cccn2c(=O)cc(CSc3ncnc4ccsc34)nc12. The molecule has 0 fully saturated rings. The summed E-state index contributed by atoms with van der Waals surface area (Å²) >= 11 is 3.20. The molecule has 0 saturated carbocycles. The summed E-state index contributed by atoms with van der Waals surface area (Å²) in [5, 5.41) is 2.93. The fourth-order valence-electron chi connectivity index (χ4n) is 2.39. The zero-order valence-electron chi connectivity index (χ0n) is 12.3. The fraction of sp³-hybridized carbons (Fsp3) is 0.125. The van der Waals surface area contributed by atoms with Gasteiger partial charge in [0.1, 0.15) is 17.0 Å². The summed E-state index contributed by atoms with van der Waals surface area (Å²) in [5.74, 6) is 0.601. The summed E-state index contributed by atoms with van der Waals surface area (Å²) in [6.07, 6.45) is 3.32. The smallest absolute Gasteiger partial charge is 0.258 e. The fourth-order valence-corrected chi connectivity index (χ4v) is 4.23. The number of aromatic nitrogens is 4. The molecular formula is C16H12N4OS2. The second kappa shape index (κ2) is 5.75. The monoisotopic (exact) mass is 340 g/mol. The van der Waals surface area contributed by atoms with E-state index < -0.39 is 0 Å². The van der Waals surface area contributed by atoms with Crippen molar-refractivity contribution in [1.82, 2.24) is 19.4 Å². The van der Waals surface area contributed by atoms with Gasteiger partial charge in [-0.1, -0.05) is 17.8 Å². The van der Waals surface area contributed by atoms with Crippen LogP contribution in [0, 0.1) is 6.92 Å². The van der Waals surface area contributed by atoms with Crippen molar-refractivity contribution in [3.8, 4) is 0 Å². The van der Waals surface area contributed by atoms with E-state index >= 15 is 0 Å². The van der Waals surface area contributed by atoms with Crippen molar-refractivity contribution in [3.63, 3.8) is 0 Å². The van der Waals surface area contributed by atoms with E-state index in [1.54, 1.807) is 46.1 Å². The van der Waals surface area contributed by atoms with Gasteiger partial charge in [-0.15, -0.1) is 11.3 Å². The molecule has 0 unspecified atom stereocenters. The topological polar surface area (TPSA) is 60.2 Å². The number of aryl methyl sites for hydroxylation is 1. The molecule has 0 amide bonds. The molecule has 0 aliphatic rings. The molecule has 0 aliphatic carbocycles. The van der Waals surface area contributed by atoms with Gasteiger partial charge < -0.3 is 0 Å². The maximum atomic E-state index is 12.2. The number of nitrogens with zero attached hydrogens (tertiary/aromatic N) is 4. The van der Waals surface area contributed by atoms with E-state index in [4.69, 9.17) is 0 Å². The standard InChI is InChI=1S/C16H12N4OS2/c1-10-3-2-5-20-13(21)7-11(19-15(10)20)8-23-16-14-12(4-6-22-14)17-9-18-16/h2-7,9H,8H2,1H3. The van der Waals surface area contributed by atoms with Crippen LogP contribution in [0.2, 0.25) is 0 Å². The largest absolute Gasteiger partial charge is 0.269 e. The Labute approximate surface area is 140 Å². The zero-order chi connectivity index (χ0) is 15.8. The Bertz CT molecular complexity index is 1070. The molecule has 0 atom stereocenters. The Balaban J connectivity index is 1.69. The Kier molecular flexibility index (Phi) is 3.59. The van der Waals surface area contributed by atoms with Crippen molar-refractivity contribution in [2.24, 2.45) is 0 Å². The molecule has 0 aliphatic heterocycles. The highest BCUT2D eigenvalue weighted by atomic mass is 32.2. The van der Waals surface area contributed by atoms with Gasteiger partial charge in [0.05, 0.1) is 15.9 Å². The molecule has 7 heteroatoms. The van der Waals surface area contributed by atoms with Gasteiger partial charge in [-0.05, 0) is 30.0 Å². The van der Waals surface area contributed by atoms with E-state index in [1.807, 2.05) is 30.5 Å². The molecule has 23 heavy (non-hydrogen) atoms. The van der Waals surface area contributed by atoms with E-state index in [9.17, 15) is 4.79 Å². The Morgan fingerprint density at radius 1 is 1.30 bits per heavy atom. The van der Waals surface area contributed by atoms with Gasteiger partial charge in [-0.2, -0.15) is 0 Å². The Morgan fingerprint density at radius 2 is 2.22 bits per heavy atom. The van der Waals surface area contributed by atoms with Crippen LogP contribution in [-0.4, -0.2) is 19.4 Å². The molecular weight excluding hydrogens is 328 g/mol. The van der Waals surface area contributed by atoms with Crippen LogP contribution in [0.1, 0.15) is 11.3 Å². The first-order chi connectivity index (χ1) is 11.2. The molecule has 4 aromatic heterocycles. The third-order valence-electron chi connectivity index (χ3n) is 3.51. The molecule has 0 bridgehead atoms. The van der Waals surface area contributed by atoms with Crippen LogP contribution in [0.4, 0.5) is 0 Å². The van der Waals surface area contributed by atoms with Crippen molar-refractivity contribution in [3.05, 3.63) is 63.8 Å². The van der Waals surface area contributed by atoms with E-state index in [1.165, 1.54) is 0 Å². The van der Waals surface area contributed by atoms with Crippen molar-refractivity contribution >= 4 is 39.0 Å². The number of pyridine rings is 1. The van der Waals surface area contributed by atoms with E-state index in [-0.39, 0.29) is 5.56 Å². The lowest BCUT2D eigenvalue weighted by molar-refractivity contribution is 0.999. The minimum Gasteiger partial charge on any atom is -0.269 e. The summed E-state index contributed by atoms with van der Waals surface area (Å²) in [7, 11) is 0. The van der Waals surface area contributed by atoms with Crippen molar-refractivity contribution in [2.45, 2.75) is 17.7 Å². The molecule has 5 nitrogen and oxygen atoms in total. The average Bonchev–Trinajstić information content (AvgIpc) is 3.03. The van der Waals surface area contributed by atoms with Crippen LogP contribution >= 0.6 is 23.1 Å². The highest BCUT2D eigenvalue weighted by Gasteiger charge is 2.09. The molecule has 4 aromatic rings. The van der Waals surface area contributed by atoms with Gasteiger partial charge in [-0.3, -0.25) is 9.20 Å². The van der Waals surface area contributed by atoms with Crippen LogP contribution in [0.5, 0.6) is 0 Å². The van der Waals surface area contributed by atoms with Gasteiger partial charge in [0.2, 0.25) is 0 Å². The van der Waals surface area contributed by atoms with Crippen LogP contribution in [0.15, 0.2) is 52.0 Å². The Morgan fingerprint density at radius 3 is 3.13 bits per heavy atom. The molecule has 0 radical (unpaired) electrons. The first-order valence-electron chi connectivity index (χ1n) is 7.01. The molecule has 0 spiro atoms. The van der Waals surface area contributed by atoms with E-state index in [2.05, 4.69) is 15.0 Å². The zero-order valence-corrected chi connectivity index (χ0v) is 13.9. The number of rotatable bonds is 3. The second-order valence-corrected chi connectivity index (χ2v) is 6.95. The van der Waals surface area contributed by atoms with Crippen LogP contribution in [-0.2, 0) is 5.75 Å². The van der Waals surface area contributed by atoms with Crippen molar-refractivity contribution in [2.75, 3.05) is 0 Å². The normalized spacial score (nSPS) is 11.3. The number of hydrogen-bond donors (Lipinski definition) is 0. The van der Waals surface area contributed by atoms with Gasteiger partial charge in [0, 0.05) is 18.0 Å². The van der Waals surface area contributed by atoms with Crippen LogP contribution < -0.4 is 5.56 Å². The molecule has 4 rings (SSSR count). The second-order valence-electron chi connectivity index (χ2n) is 5.07. The third-order valence-corrected chi connectivity index (χ3v) is 5.57. The number of thiophene rings is 1. The Hall–Kier alpha value is -2.25.